The maximum absolute atomic E-state index is 6.22. The van der Waals surface area contributed by atoms with E-state index >= 15 is 0 Å². The molecule has 4 rings (SSSR count). The van der Waals surface area contributed by atoms with Gasteiger partial charge < -0.3 is 5.32 Å². The fourth-order valence-electron chi connectivity index (χ4n) is 3.21. The summed E-state index contributed by atoms with van der Waals surface area (Å²) < 4.78 is 0. The number of aryl methyl sites for hydroxylation is 2. The molecule has 0 aliphatic heterocycles. The van der Waals surface area contributed by atoms with E-state index in [0.717, 1.165) is 33.7 Å². The predicted octanol–water partition coefficient (Wildman–Crippen LogP) is 6.63. The second kappa shape index (κ2) is 7.06. The van der Waals surface area contributed by atoms with Crippen molar-refractivity contribution in [2.45, 2.75) is 20.3 Å². The number of hydrogen-bond donors (Lipinski definition) is 1. The summed E-state index contributed by atoms with van der Waals surface area (Å²) in [5, 5.41) is 4.78. The lowest BCUT2D eigenvalue weighted by atomic mass is 10.0. The number of rotatable bonds is 4. The summed E-state index contributed by atoms with van der Waals surface area (Å²) in [6, 6.07) is 18.6. The first kappa shape index (κ1) is 17.0. The minimum Gasteiger partial charge on any atom is -0.339 e. The molecule has 0 radical (unpaired) electrons. The maximum Gasteiger partial charge on any atom is 0.225 e. The smallest absolute Gasteiger partial charge is 0.225 e. The van der Waals surface area contributed by atoms with E-state index in [0.29, 0.717) is 0 Å². The summed E-state index contributed by atoms with van der Waals surface area (Å²) in [6.07, 6.45) is 0.944. The molecule has 0 fully saturated rings. The Bertz CT molecular complexity index is 1070. The Hall–Kier alpha value is -2.43. The van der Waals surface area contributed by atoms with E-state index in [1.165, 1.54) is 16.0 Å². The molecule has 26 heavy (non-hydrogen) atoms. The number of nitrogens with one attached hydrogen (secondary N) is 1. The van der Waals surface area contributed by atoms with Gasteiger partial charge in [0.05, 0.1) is 5.39 Å². The van der Waals surface area contributed by atoms with Gasteiger partial charge in [0.1, 0.15) is 10.6 Å². The molecule has 0 aliphatic carbocycles. The van der Waals surface area contributed by atoms with Gasteiger partial charge in [-0.1, -0.05) is 55.5 Å². The van der Waals surface area contributed by atoms with E-state index in [4.69, 9.17) is 11.6 Å². The molecule has 5 heteroatoms. The topological polar surface area (TPSA) is 37.8 Å². The van der Waals surface area contributed by atoms with Crippen molar-refractivity contribution in [1.29, 1.82) is 0 Å². The quantitative estimate of drug-likeness (QED) is 0.404. The number of benzene rings is 2. The Balaban J connectivity index is 1.94. The molecule has 0 amide bonds. The van der Waals surface area contributed by atoms with Gasteiger partial charge in [-0.25, -0.2) is 4.98 Å². The van der Waals surface area contributed by atoms with Crippen molar-refractivity contribution in [2.24, 2.45) is 0 Å². The van der Waals surface area contributed by atoms with Gasteiger partial charge in [-0.15, -0.1) is 11.3 Å². The monoisotopic (exact) mass is 379 g/mol. The summed E-state index contributed by atoms with van der Waals surface area (Å²) in [7, 11) is 0. The lowest BCUT2D eigenvalue weighted by Crippen LogP contribution is -1.99. The first-order chi connectivity index (χ1) is 12.7. The third-order valence-corrected chi connectivity index (χ3v) is 5.58. The Morgan fingerprint density at radius 3 is 2.50 bits per heavy atom. The van der Waals surface area contributed by atoms with Crippen LogP contribution in [0.3, 0.4) is 0 Å². The van der Waals surface area contributed by atoms with Crippen LogP contribution in [0.1, 0.15) is 17.4 Å². The summed E-state index contributed by atoms with van der Waals surface area (Å²) in [5.74, 6) is 0.754. The van der Waals surface area contributed by atoms with Gasteiger partial charge in [0.25, 0.3) is 0 Å². The van der Waals surface area contributed by atoms with Crippen LogP contribution in [0.5, 0.6) is 0 Å². The molecule has 0 bridgehead atoms. The Morgan fingerprint density at radius 1 is 1.00 bits per heavy atom. The number of fused-ring (bicyclic) bond motifs is 1. The van der Waals surface area contributed by atoms with Gasteiger partial charge in [0.15, 0.2) is 0 Å². The Labute approximate surface area is 161 Å². The van der Waals surface area contributed by atoms with E-state index in [2.05, 4.69) is 71.6 Å². The molecule has 0 atom stereocenters. The van der Waals surface area contributed by atoms with E-state index in [-0.39, 0.29) is 5.28 Å². The lowest BCUT2D eigenvalue weighted by molar-refractivity contribution is 1.14. The van der Waals surface area contributed by atoms with Crippen LogP contribution in [0, 0.1) is 6.92 Å². The van der Waals surface area contributed by atoms with Crippen LogP contribution in [-0.2, 0) is 6.42 Å². The zero-order valence-electron chi connectivity index (χ0n) is 14.6. The highest BCUT2D eigenvalue weighted by atomic mass is 35.5. The highest BCUT2D eigenvalue weighted by molar-refractivity contribution is 7.19. The van der Waals surface area contributed by atoms with Crippen molar-refractivity contribution in [3.8, 4) is 11.1 Å². The number of aromatic nitrogens is 2. The third kappa shape index (κ3) is 3.06. The predicted molar refractivity (Wildman–Crippen MR) is 112 cm³/mol. The SMILES string of the molecule is CCc1ccccc1Nc1nc(Cl)nc2sc(C)c(-c3ccccc3)c12. The first-order valence-electron chi connectivity index (χ1n) is 8.54. The standard InChI is InChI=1S/C21H18ClN3S/c1-3-14-9-7-8-12-16(14)23-19-18-17(15-10-5-4-6-11-15)13(2)26-20(18)25-21(22)24-19/h4-12H,3H2,1-2H3,(H,23,24,25). The summed E-state index contributed by atoms with van der Waals surface area (Å²) in [5.41, 5.74) is 4.62. The van der Waals surface area contributed by atoms with Gasteiger partial charge >= 0.3 is 0 Å². The zero-order valence-corrected chi connectivity index (χ0v) is 16.2. The maximum atomic E-state index is 6.22. The number of nitrogens with zero attached hydrogens (tertiary/aromatic N) is 2. The highest BCUT2D eigenvalue weighted by Crippen LogP contribution is 2.42. The molecule has 4 aromatic rings. The van der Waals surface area contributed by atoms with Crippen LogP contribution in [0.2, 0.25) is 5.28 Å². The summed E-state index contributed by atoms with van der Waals surface area (Å²) in [4.78, 5) is 11.1. The van der Waals surface area contributed by atoms with E-state index < -0.39 is 0 Å². The molecule has 2 aromatic heterocycles. The number of para-hydroxylation sites is 1. The van der Waals surface area contributed by atoms with Gasteiger partial charge in [-0.3, -0.25) is 0 Å². The van der Waals surface area contributed by atoms with Crippen molar-refractivity contribution < 1.29 is 0 Å². The minimum atomic E-state index is 0.259. The molecule has 3 nitrogen and oxygen atoms in total. The second-order valence-corrected chi connectivity index (χ2v) is 7.60. The molecule has 0 unspecified atom stereocenters. The Kier molecular flexibility index (Phi) is 4.62. The van der Waals surface area contributed by atoms with E-state index in [9.17, 15) is 0 Å². The van der Waals surface area contributed by atoms with Gasteiger partial charge in [-0.2, -0.15) is 4.98 Å². The van der Waals surface area contributed by atoms with Crippen molar-refractivity contribution in [2.75, 3.05) is 5.32 Å². The van der Waals surface area contributed by atoms with Crippen LogP contribution >= 0.6 is 22.9 Å². The van der Waals surface area contributed by atoms with Crippen molar-refractivity contribution in [3.63, 3.8) is 0 Å². The number of hydrogen-bond acceptors (Lipinski definition) is 4. The summed E-state index contributed by atoms with van der Waals surface area (Å²) >= 11 is 7.86. The molecule has 0 spiro atoms. The molecule has 1 N–H and O–H groups in total. The fraction of sp³-hybridized carbons (Fsp3) is 0.143. The Morgan fingerprint density at radius 2 is 1.73 bits per heavy atom. The average Bonchev–Trinajstić information content (AvgIpc) is 2.98. The number of anilines is 2. The molecule has 2 aromatic carbocycles. The second-order valence-electron chi connectivity index (χ2n) is 6.06. The molecule has 0 saturated heterocycles. The molecule has 0 saturated carbocycles. The molecule has 0 aliphatic rings. The average molecular weight is 380 g/mol. The van der Waals surface area contributed by atoms with Gasteiger partial charge in [-0.05, 0) is 42.1 Å². The zero-order chi connectivity index (χ0) is 18.1. The molecule has 130 valence electrons. The van der Waals surface area contributed by atoms with Gasteiger partial charge in [0, 0.05) is 16.1 Å². The molecule has 2 heterocycles. The minimum absolute atomic E-state index is 0.259. The molecular formula is C21H18ClN3S. The van der Waals surface area contributed by atoms with Gasteiger partial charge in [0.2, 0.25) is 5.28 Å². The van der Waals surface area contributed by atoms with Crippen molar-refractivity contribution in [3.05, 3.63) is 70.3 Å². The van der Waals surface area contributed by atoms with Crippen LogP contribution in [-0.4, -0.2) is 9.97 Å². The summed E-state index contributed by atoms with van der Waals surface area (Å²) in [6.45, 7) is 4.26. The molecular weight excluding hydrogens is 362 g/mol. The number of halogens is 1. The van der Waals surface area contributed by atoms with Crippen LogP contribution in [0.15, 0.2) is 54.6 Å². The first-order valence-corrected chi connectivity index (χ1v) is 9.73. The highest BCUT2D eigenvalue weighted by Gasteiger charge is 2.18. The lowest BCUT2D eigenvalue weighted by Gasteiger charge is -2.12. The van der Waals surface area contributed by atoms with Crippen LogP contribution in [0.4, 0.5) is 11.5 Å². The van der Waals surface area contributed by atoms with Crippen LogP contribution < -0.4 is 5.32 Å². The normalized spacial score (nSPS) is 11.0. The van der Waals surface area contributed by atoms with Crippen molar-refractivity contribution in [1.82, 2.24) is 9.97 Å². The van der Waals surface area contributed by atoms with E-state index in [1.807, 2.05) is 12.1 Å². The van der Waals surface area contributed by atoms with Crippen LogP contribution in [0.25, 0.3) is 21.3 Å². The number of thiophene rings is 1. The van der Waals surface area contributed by atoms with Crippen molar-refractivity contribution >= 4 is 44.7 Å². The fourth-order valence-corrected chi connectivity index (χ4v) is 4.47. The third-order valence-electron chi connectivity index (χ3n) is 4.41. The largest absolute Gasteiger partial charge is 0.339 e. The van der Waals surface area contributed by atoms with E-state index in [1.54, 1.807) is 11.3 Å².